The SMILES string of the molecule is CC(C(=O)NCC(N1CCNCC1)C(F)(F)F)C(N)c1ccccc1. The molecule has 0 radical (unpaired) electrons. The zero-order valence-electron chi connectivity index (χ0n) is 14.2. The highest BCUT2D eigenvalue weighted by Crippen LogP contribution is 2.25. The van der Waals surface area contributed by atoms with Crippen LogP contribution in [0.2, 0.25) is 0 Å². The molecule has 0 aromatic heterocycles. The second-order valence-corrected chi connectivity index (χ2v) is 6.31. The van der Waals surface area contributed by atoms with Crippen LogP contribution < -0.4 is 16.4 Å². The van der Waals surface area contributed by atoms with Crippen molar-refractivity contribution in [3.63, 3.8) is 0 Å². The largest absolute Gasteiger partial charge is 0.405 e. The summed E-state index contributed by atoms with van der Waals surface area (Å²) >= 11 is 0. The lowest BCUT2D eigenvalue weighted by Gasteiger charge is -2.36. The van der Waals surface area contributed by atoms with E-state index in [1.807, 2.05) is 18.2 Å². The highest BCUT2D eigenvalue weighted by Gasteiger charge is 2.44. The van der Waals surface area contributed by atoms with Crippen molar-refractivity contribution in [2.45, 2.75) is 25.2 Å². The first kappa shape index (κ1) is 19.7. The van der Waals surface area contributed by atoms with Crippen molar-refractivity contribution >= 4 is 5.91 Å². The lowest BCUT2D eigenvalue weighted by atomic mass is 9.94. The third-order valence-corrected chi connectivity index (χ3v) is 4.58. The van der Waals surface area contributed by atoms with Crippen molar-refractivity contribution in [1.29, 1.82) is 0 Å². The Bertz CT molecular complexity index is 547. The maximum absolute atomic E-state index is 13.3. The van der Waals surface area contributed by atoms with E-state index in [0.717, 1.165) is 5.56 Å². The van der Waals surface area contributed by atoms with Gasteiger partial charge in [-0.3, -0.25) is 9.69 Å². The Morgan fingerprint density at radius 2 is 1.88 bits per heavy atom. The summed E-state index contributed by atoms with van der Waals surface area (Å²) in [5.41, 5.74) is 6.85. The molecule has 1 heterocycles. The molecule has 0 bridgehead atoms. The van der Waals surface area contributed by atoms with Crippen LogP contribution in [-0.4, -0.2) is 55.7 Å². The molecule has 8 heteroatoms. The fraction of sp³-hybridized carbons (Fsp3) is 0.588. The monoisotopic (exact) mass is 358 g/mol. The number of rotatable bonds is 6. The molecule has 1 aromatic rings. The van der Waals surface area contributed by atoms with Crippen LogP contribution in [0, 0.1) is 5.92 Å². The summed E-state index contributed by atoms with van der Waals surface area (Å²) in [7, 11) is 0. The van der Waals surface area contributed by atoms with E-state index in [1.165, 1.54) is 4.90 Å². The topological polar surface area (TPSA) is 70.4 Å². The summed E-state index contributed by atoms with van der Waals surface area (Å²) < 4.78 is 40.0. The molecule has 3 atom stereocenters. The van der Waals surface area contributed by atoms with E-state index in [-0.39, 0.29) is 0 Å². The van der Waals surface area contributed by atoms with Gasteiger partial charge in [0, 0.05) is 38.8 Å². The summed E-state index contributed by atoms with van der Waals surface area (Å²) in [6.45, 7) is 2.79. The quantitative estimate of drug-likeness (QED) is 0.716. The van der Waals surface area contributed by atoms with E-state index < -0.39 is 36.6 Å². The average molecular weight is 358 g/mol. The third-order valence-electron chi connectivity index (χ3n) is 4.58. The minimum absolute atomic E-state index is 0.305. The van der Waals surface area contributed by atoms with Gasteiger partial charge in [0.15, 0.2) is 0 Å². The van der Waals surface area contributed by atoms with Crippen LogP contribution in [0.1, 0.15) is 18.5 Å². The standard InChI is InChI=1S/C17H25F3N4O/c1-12(15(21)13-5-3-2-4-6-13)16(25)23-11-14(17(18,19)20)24-9-7-22-8-10-24/h2-6,12,14-15,22H,7-11,21H2,1H3,(H,23,25). The molecule has 1 aromatic carbocycles. The molecular formula is C17H25F3N4O. The predicted molar refractivity (Wildman–Crippen MR) is 89.8 cm³/mol. The fourth-order valence-corrected chi connectivity index (χ4v) is 2.93. The second kappa shape index (κ2) is 8.64. The number of nitrogens with two attached hydrogens (primary N) is 1. The van der Waals surface area contributed by atoms with Gasteiger partial charge in [-0.2, -0.15) is 13.2 Å². The Kier molecular flexibility index (Phi) is 6.80. The molecule has 0 aliphatic carbocycles. The van der Waals surface area contributed by atoms with E-state index in [0.29, 0.717) is 26.2 Å². The first-order chi connectivity index (χ1) is 11.8. The molecule has 140 valence electrons. The van der Waals surface area contributed by atoms with Crippen LogP contribution in [0.25, 0.3) is 0 Å². The van der Waals surface area contributed by atoms with E-state index in [9.17, 15) is 18.0 Å². The number of amides is 1. The summed E-state index contributed by atoms with van der Waals surface area (Å²) in [6, 6.07) is 6.81. The van der Waals surface area contributed by atoms with Crippen molar-refractivity contribution in [3.8, 4) is 0 Å². The Morgan fingerprint density at radius 3 is 2.44 bits per heavy atom. The van der Waals surface area contributed by atoms with Crippen LogP contribution in [0.3, 0.4) is 0 Å². The van der Waals surface area contributed by atoms with E-state index in [2.05, 4.69) is 10.6 Å². The van der Waals surface area contributed by atoms with E-state index in [1.54, 1.807) is 19.1 Å². The van der Waals surface area contributed by atoms with Gasteiger partial charge in [-0.15, -0.1) is 0 Å². The molecule has 2 rings (SSSR count). The number of nitrogens with zero attached hydrogens (tertiary/aromatic N) is 1. The fourth-order valence-electron chi connectivity index (χ4n) is 2.93. The van der Waals surface area contributed by atoms with E-state index in [4.69, 9.17) is 5.73 Å². The molecule has 0 saturated carbocycles. The van der Waals surface area contributed by atoms with Gasteiger partial charge in [0.05, 0.1) is 5.92 Å². The van der Waals surface area contributed by atoms with Crippen LogP contribution in [0.5, 0.6) is 0 Å². The molecule has 1 amide bonds. The number of nitrogens with one attached hydrogen (secondary N) is 2. The Labute approximate surface area is 145 Å². The van der Waals surface area contributed by atoms with Gasteiger partial charge in [0.25, 0.3) is 0 Å². The molecule has 3 unspecified atom stereocenters. The van der Waals surface area contributed by atoms with Gasteiger partial charge in [-0.1, -0.05) is 37.3 Å². The summed E-state index contributed by atoms with van der Waals surface area (Å²) in [4.78, 5) is 13.6. The number of benzene rings is 1. The van der Waals surface area contributed by atoms with Gasteiger partial charge in [-0.25, -0.2) is 0 Å². The number of halogens is 3. The van der Waals surface area contributed by atoms with Gasteiger partial charge < -0.3 is 16.4 Å². The van der Waals surface area contributed by atoms with Crippen molar-refractivity contribution in [2.24, 2.45) is 11.7 Å². The number of piperazine rings is 1. The maximum atomic E-state index is 13.3. The first-order valence-electron chi connectivity index (χ1n) is 8.40. The van der Waals surface area contributed by atoms with Crippen molar-refractivity contribution in [2.75, 3.05) is 32.7 Å². The number of alkyl halides is 3. The van der Waals surface area contributed by atoms with Gasteiger partial charge in [0.2, 0.25) is 5.91 Å². The lowest BCUT2D eigenvalue weighted by Crippen LogP contribution is -2.58. The van der Waals surface area contributed by atoms with Crippen LogP contribution in [-0.2, 0) is 4.79 Å². The second-order valence-electron chi connectivity index (χ2n) is 6.31. The molecule has 1 fully saturated rings. The number of carbonyl (C=O) groups excluding carboxylic acids is 1. The highest BCUT2D eigenvalue weighted by molar-refractivity contribution is 5.79. The normalized spacial score (nSPS) is 19.9. The molecule has 1 saturated heterocycles. The molecule has 5 nitrogen and oxygen atoms in total. The van der Waals surface area contributed by atoms with Crippen LogP contribution >= 0.6 is 0 Å². The van der Waals surface area contributed by atoms with Crippen molar-refractivity contribution in [3.05, 3.63) is 35.9 Å². The summed E-state index contributed by atoms with van der Waals surface area (Å²) in [6.07, 6.45) is -4.39. The molecule has 1 aliphatic rings. The minimum Gasteiger partial charge on any atom is -0.354 e. The minimum atomic E-state index is -4.39. The zero-order chi connectivity index (χ0) is 18.4. The molecule has 25 heavy (non-hydrogen) atoms. The number of carbonyl (C=O) groups is 1. The molecular weight excluding hydrogens is 333 g/mol. The average Bonchev–Trinajstić information content (AvgIpc) is 2.61. The zero-order valence-corrected chi connectivity index (χ0v) is 14.2. The van der Waals surface area contributed by atoms with Crippen LogP contribution in [0.4, 0.5) is 13.2 Å². The van der Waals surface area contributed by atoms with Crippen molar-refractivity contribution < 1.29 is 18.0 Å². The molecule has 4 N–H and O–H groups in total. The van der Waals surface area contributed by atoms with E-state index >= 15 is 0 Å². The highest BCUT2D eigenvalue weighted by atomic mass is 19.4. The molecule has 0 spiro atoms. The Morgan fingerprint density at radius 1 is 1.28 bits per heavy atom. The third kappa shape index (κ3) is 5.42. The maximum Gasteiger partial charge on any atom is 0.405 e. The van der Waals surface area contributed by atoms with Gasteiger partial charge in [0.1, 0.15) is 6.04 Å². The number of hydrogen-bond donors (Lipinski definition) is 3. The number of hydrogen-bond acceptors (Lipinski definition) is 4. The predicted octanol–water partition coefficient (Wildman–Crippen LogP) is 1.27. The van der Waals surface area contributed by atoms with Crippen LogP contribution in [0.15, 0.2) is 30.3 Å². The Hall–Kier alpha value is -1.64. The first-order valence-corrected chi connectivity index (χ1v) is 8.40. The summed E-state index contributed by atoms with van der Waals surface area (Å²) in [5.74, 6) is -1.10. The summed E-state index contributed by atoms with van der Waals surface area (Å²) in [5, 5.41) is 5.46. The van der Waals surface area contributed by atoms with Gasteiger partial charge in [-0.05, 0) is 5.56 Å². The smallest absolute Gasteiger partial charge is 0.354 e. The Balaban J connectivity index is 1.95. The molecule has 1 aliphatic heterocycles. The van der Waals surface area contributed by atoms with Gasteiger partial charge >= 0.3 is 6.18 Å². The van der Waals surface area contributed by atoms with Crippen molar-refractivity contribution in [1.82, 2.24) is 15.5 Å². The lowest BCUT2D eigenvalue weighted by molar-refractivity contribution is -0.184.